The van der Waals surface area contributed by atoms with Crippen LogP contribution in [-0.4, -0.2) is 11.1 Å². The molecular weight excluding hydrogens is 301 g/mol. The first-order valence-corrected chi connectivity index (χ1v) is 6.41. The third kappa shape index (κ3) is 2.81. The number of nitrogen functional groups attached to an aromatic ring is 1. The molecule has 0 saturated heterocycles. The third-order valence-electron chi connectivity index (χ3n) is 2.73. The van der Waals surface area contributed by atoms with E-state index in [-0.39, 0.29) is 16.3 Å². The van der Waals surface area contributed by atoms with Crippen molar-refractivity contribution < 1.29 is 14.6 Å². The van der Waals surface area contributed by atoms with E-state index in [4.69, 9.17) is 38.8 Å². The molecular formula is C14H11Cl2NO3. The molecule has 3 N–H and O–H groups in total. The number of hydrogen-bond acceptors (Lipinski definition) is 3. The molecule has 0 radical (unpaired) electrons. The summed E-state index contributed by atoms with van der Waals surface area (Å²) in [5.41, 5.74) is 6.52. The topological polar surface area (TPSA) is 72.5 Å². The lowest BCUT2D eigenvalue weighted by Gasteiger charge is -2.12. The van der Waals surface area contributed by atoms with E-state index in [0.717, 1.165) is 0 Å². The molecule has 0 aliphatic rings. The fourth-order valence-electron chi connectivity index (χ4n) is 1.69. The summed E-state index contributed by atoms with van der Waals surface area (Å²) in [6, 6.07) is 7.95. The number of carboxylic acids is 1. The second-order valence-corrected chi connectivity index (χ2v) is 4.95. The van der Waals surface area contributed by atoms with E-state index in [2.05, 4.69) is 0 Å². The van der Waals surface area contributed by atoms with Crippen LogP contribution in [0.2, 0.25) is 10.0 Å². The lowest BCUT2D eigenvalue weighted by molar-refractivity contribution is 0.0697. The van der Waals surface area contributed by atoms with Crippen molar-refractivity contribution in [3.05, 3.63) is 51.5 Å². The van der Waals surface area contributed by atoms with Gasteiger partial charge in [0.05, 0.1) is 10.6 Å². The van der Waals surface area contributed by atoms with Gasteiger partial charge in [-0.2, -0.15) is 0 Å². The van der Waals surface area contributed by atoms with E-state index in [1.807, 2.05) is 0 Å². The largest absolute Gasteiger partial charge is 0.478 e. The average Bonchev–Trinajstić information content (AvgIpc) is 2.38. The minimum absolute atomic E-state index is 0.0156. The van der Waals surface area contributed by atoms with E-state index in [1.54, 1.807) is 31.2 Å². The molecule has 4 nitrogen and oxygen atoms in total. The van der Waals surface area contributed by atoms with E-state index in [1.165, 1.54) is 6.07 Å². The maximum atomic E-state index is 11.1. The van der Waals surface area contributed by atoms with Gasteiger partial charge < -0.3 is 15.6 Å². The molecule has 0 bridgehead atoms. The van der Waals surface area contributed by atoms with Gasteiger partial charge in [0.2, 0.25) is 0 Å². The second-order valence-electron chi connectivity index (χ2n) is 4.16. The molecule has 0 atom stereocenters. The second kappa shape index (κ2) is 5.61. The lowest BCUT2D eigenvalue weighted by Crippen LogP contribution is -2.04. The molecule has 2 aromatic carbocycles. The van der Waals surface area contributed by atoms with Gasteiger partial charge in [0, 0.05) is 5.69 Å². The van der Waals surface area contributed by atoms with E-state index >= 15 is 0 Å². The molecule has 2 aromatic rings. The molecule has 0 aliphatic heterocycles. The van der Waals surface area contributed by atoms with Gasteiger partial charge in [-0.25, -0.2) is 4.79 Å². The highest BCUT2D eigenvalue weighted by molar-refractivity contribution is 6.42. The Morgan fingerprint density at radius 2 is 2.00 bits per heavy atom. The Morgan fingerprint density at radius 3 is 2.65 bits per heavy atom. The number of ether oxygens (including phenoxy) is 1. The summed E-state index contributed by atoms with van der Waals surface area (Å²) >= 11 is 11.9. The first kappa shape index (κ1) is 14.5. The number of nitrogens with two attached hydrogens (primary N) is 1. The minimum Gasteiger partial charge on any atom is -0.478 e. The predicted molar refractivity (Wildman–Crippen MR) is 79.1 cm³/mol. The summed E-state index contributed by atoms with van der Waals surface area (Å²) in [4.78, 5) is 11.1. The van der Waals surface area contributed by atoms with Gasteiger partial charge in [0.15, 0.2) is 0 Å². The van der Waals surface area contributed by atoms with Crippen molar-refractivity contribution in [2.45, 2.75) is 6.92 Å². The van der Waals surface area contributed by atoms with Crippen LogP contribution in [0.25, 0.3) is 0 Å². The first-order valence-electron chi connectivity index (χ1n) is 5.65. The van der Waals surface area contributed by atoms with Crippen molar-refractivity contribution >= 4 is 34.9 Å². The smallest absolute Gasteiger partial charge is 0.337 e. The van der Waals surface area contributed by atoms with E-state index in [9.17, 15) is 4.79 Å². The number of carboxylic acid groups (broad SMARTS) is 1. The van der Waals surface area contributed by atoms with Gasteiger partial charge in [-0.15, -0.1) is 0 Å². The standard InChI is InChI=1S/C14H11Cl2NO3/c1-7-5-8(6-9(13(7)17)14(18)19)20-11-4-2-3-10(15)12(11)16/h2-6H,17H2,1H3,(H,18,19). The Hall–Kier alpha value is -1.91. The van der Waals surface area contributed by atoms with Crippen LogP contribution in [0.1, 0.15) is 15.9 Å². The predicted octanol–water partition coefficient (Wildman–Crippen LogP) is 4.37. The summed E-state index contributed by atoms with van der Waals surface area (Å²) in [5.74, 6) is -0.439. The van der Waals surface area contributed by atoms with Crippen molar-refractivity contribution in [3.63, 3.8) is 0 Å². The highest BCUT2D eigenvalue weighted by Gasteiger charge is 2.14. The quantitative estimate of drug-likeness (QED) is 0.825. The summed E-state index contributed by atoms with van der Waals surface area (Å²) in [6.07, 6.45) is 0. The molecule has 104 valence electrons. The molecule has 0 heterocycles. The maximum Gasteiger partial charge on any atom is 0.337 e. The fraction of sp³-hybridized carbons (Fsp3) is 0.0714. The van der Waals surface area contributed by atoms with Gasteiger partial charge in [-0.05, 0) is 36.8 Å². The number of benzene rings is 2. The molecule has 0 unspecified atom stereocenters. The third-order valence-corrected chi connectivity index (χ3v) is 3.54. The van der Waals surface area contributed by atoms with Crippen molar-refractivity contribution in [2.24, 2.45) is 0 Å². The van der Waals surface area contributed by atoms with Crippen molar-refractivity contribution in [1.82, 2.24) is 0 Å². The Kier molecular flexibility index (Phi) is 4.06. The van der Waals surface area contributed by atoms with Crippen LogP contribution in [0.3, 0.4) is 0 Å². The number of aromatic carboxylic acids is 1. The molecule has 20 heavy (non-hydrogen) atoms. The molecule has 0 spiro atoms. The molecule has 0 fully saturated rings. The zero-order chi connectivity index (χ0) is 14.9. The number of anilines is 1. The Morgan fingerprint density at radius 1 is 1.30 bits per heavy atom. The number of hydrogen-bond donors (Lipinski definition) is 2. The fourth-order valence-corrected chi connectivity index (χ4v) is 2.02. The van der Waals surface area contributed by atoms with Crippen LogP contribution < -0.4 is 10.5 Å². The summed E-state index contributed by atoms with van der Waals surface area (Å²) in [5, 5.41) is 9.72. The van der Waals surface area contributed by atoms with Crippen molar-refractivity contribution in [3.8, 4) is 11.5 Å². The first-order chi connectivity index (χ1) is 9.40. The summed E-state index contributed by atoms with van der Waals surface area (Å²) in [7, 11) is 0. The lowest BCUT2D eigenvalue weighted by atomic mass is 10.1. The van der Waals surface area contributed by atoms with Crippen LogP contribution in [0.4, 0.5) is 5.69 Å². The number of carbonyl (C=O) groups is 1. The van der Waals surface area contributed by atoms with E-state index in [0.29, 0.717) is 22.1 Å². The highest BCUT2D eigenvalue weighted by Crippen LogP contribution is 2.36. The van der Waals surface area contributed by atoms with Gasteiger partial charge in [0.1, 0.15) is 16.5 Å². The van der Waals surface area contributed by atoms with E-state index < -0.39 is 5.97 Å². The van der Waals surface area contributed by atoms with Gasteiger partial charge >= 0.3 is 5.97 Å². The number of aryl methyl sites for hydroxylation is 1. The average molecular weight is 312 g/mol. The summed E-state index contributed by atoms with van der Waals surface area (Å²) in [6.45, 7) is 1.70. The molecule has 0 amide bonds. The Balaban J connectivity index is 2.44. The van der Waals surface area contributed by atoms with Crippen molar-refractivity contribution in [1.29, 1.82) is 0 Å². The maximum absolute atomic E-state index is 11.1. The number of halogens is 2. The van der Waals surface area contributed by atoms with Gasteiger partial charge in [-0.3, -0.25) is 0 Å². The number of rotatable bonds is 3. The molecule has 0 aliphatic carbocycles. The summed E-state index contributed by atoms with van der Waals surface area (Å²) < 4.78 is 5.58. The van der Waals surface area contributed by atoms with Gasteiger partial charge in [-0.1, -0.05) is 29.3 Å². The SMILES string of the molecule is Cc1cc(Oc2cccc(Cl)c2Cl)cc(C(=O)O)c1N. The Bertz CT molecular complexity index is 686. The minimum atomic E-state index is -1.12. The van der Waals surface area contributed by atoms with Crippen LogP contribution in [0, 0.1) is 6.92 Å². The highest BCUT2D eigenvalue weighted by atomic mass is 35.5. The van der Waals surface area contributed by atoms with Crippen molar-refractivity contribution in [2.75, 3.05) is 5.73 Å². The van der Waals surface area contributed by atoms with Crippen LogP contribution in [0.5, 0.6) is 11.5 Å². The molecule has 2 rings (SSSR count). The molecule has 6 heteroatoms. The monoisotopic (exact) mass is 311 g/mol. The van der Waals surface area contributed by atoms with Crippen LogP contribution in [0.15, 0.2) is 30.3 Å². The zero-order valence-corrected chi connectivity index (χ0v) is 12.0. The molecule has 0 saturated carbocycles. The molecule has 0 aromatic heterocycles. The zero-order valence-electron chi connectivity index (χ0n) is 10.5. The van der Waals surface area contributed by atoms with Crippen LogP contribution in [-0.2, 0) is 0 Å². The van der Waals surface area contributed by atoms with Gasteiger partial charge in [0.25, 0.3) is 0 Å². The van der Waals surface area contributed by atoms with Crippen LogP contribution >= 0.6 is 23.2 Å². The normalized spacial score (nSPS) is 10.3. The Labute approximate surface area is 125 Å².